The number of nitrogens with zero attached hydrogens (tertiary/aromatic N) is 1. The monoisotopic (exact) mass is 220 g/mol. The Kier molecular flexibility index (Phi) is 3.06. The highest BCUT2D eigenvalue weighted by atomic mass is 16.5. The van der Waals surface area contributed by atoms with Gasteiger partial charge in [0, 0.05) is 18.6 Å². The summed E-state index contributed by atoms with van der Waals surface area (Å²) in [6.45, 7) is 6.77. The van der Waals surface area contributed by atoms with Gasteiger partial charge < -0.3 is 15.4 Å². The molecule has 0 bridgehead atoms. The van der Waals surface area contributed by atoms with Gasteiger partial charge in [-0.15, -0.1) is 0 Å². The third-order valence-electron chi connectivity index (χ3n) is 2.63. The summed E-state index contributed by atoms with van der Waals surface area (Å²) in [6, 6.07) is 8.18. The van der Waals surface area contributed by atoms with Crippen LogP contribution in [0.2, 0.25) is 0 Å². The van der Waals surface area contributed by atoms with Gasteiger partial charge in [-0.1, -0.05) is 12.1 Å². The summed E-state index contributed by atoms with van der Waals surface area (Å²) in [4.78, 5) is 2.32. The molecule has 0 aromatic heterocycles. The first-order valence-corrected chi connectivity index (χ1v) is 5.82. The number of benzene rings is 1. The van der Waals surface area contributed by atoms with Gasteiger partial charge in [0.25, 0.3) is 0 Å². The van der Waals surface area contributed by atoms with Gasteiger partial charge in [-0.25, -0.2) is 0 Å². The van der Waals surface area contributed by atoms with Crippen molar-refractivity contribution in [2.75, 3.05) is 24.6 Å². The topological polar surface area (TPSA) is 38.5 Å². The van der Waals surface area contributed by atoms with Crippen molar-refractivity contribution < 1.29 is 4.74 Å². The average molecular weight is 220 g/mol. The second-order valence-electron chi connectivity index (χ2n) is 5.08. The van der Waals surface area contributed by atoms with Crippen LogP contribution in [0.4, 0.5) is 5.69 Å². The number of hydrogen-bond donors (Lipinski definition) is 1. The average Bonchev–Trinajstić information content (AvgIpc) is 2.39. The van der Waals surface area contributed by atoms with Crippen molar-refractivity contribution in [1.29, 1.82) is 0 Å². The molecule has 0 aliphatic carbocycles. The van der Waals surface area contributed by atoms with Crippen LogP contribution in [-0.4, -0.2) is 25.2 Å². The second kappa shape index (κ2) is 4.34. The van der Waals surface area contributed by atoms with Gasteiger partial charge in [0.15, 0.2) is 0 Å². The Morgan fingerprint density at radius 3 is 2.88 bits per heavy atom. The van der Waals surface area contributed by atoms with E-state index in [2.05, 4.69) is 24.8 Å². The molecule has 0 spiro atoms. The molecule has 3 nitrogen and oxygen atoms in total. The summed E-state index contributed by atoms with van der Waals surface area (Å²) in [5.74, 6) is 0.976. The quantitative estimate of drug-likeness (QED) is 0.828. The minimum absolute atomic E-state index is 0.183. The predicted octanol–water partition coefficient (Wildman–Crippen LogP) is 2.01. The molecule has 88 valence electrons. The molecule has 0 saturated carbocycles. The largest absolute Gasteiger partial charge is 0.491 e. The molecule has 0 fully saturated rings. The molecule has 2 N–H and O–H groups in total. The Hall–Kier alpha value is -1.22. The molecule has 0 atom stereocenters. The Morgan fingerprint density at radius 2 is 2.12 bits per heavy atom. The summed E-state index contributed by atoms with van der Waals surface area (Å²) >= 11 is 0. The first kappa shape index (κ1) is 11.3. The Labute approximate surface area is 97.2 Å². The molecule has 0 unspecified atom stereocenters. The first-order valence-electron chi connectivity index (χ1n) is 5.82. The lowest BCUT2D eigenvalue weighted by Gasteiger charge is -2.30. The molecule has 1 aromatic rings. The van der Waals surface area contributed by atoms with Crippen molar-refractivity contribution in [3.8, 4) is 5.75 Å². The van der Waals surface area contributed by atoms with E-state index in [1.165, 1.54) is 5.69 Å². The molecule has 1 heterocycles. The fraction of sp³-hybridized carbons (Fsp3) is 0.538. The van der Waals surface area contributed by atoms with Crippen LogP contribution in [0.5, 0.6) is 5.75 Å². The van der Waals surface area contributed by atoms with E-state index in [1.807, 2.05) is 18.2 Å². The standard InChI is InChI=1S/C13H20N2O/c1-13(2,14)10-15-8-5-9-16-12-7-4-3-6-11(12)15/h3-4,6-7H,5,8-10,14H2,1-2H3. The number of rotatable bonds is 2. The maximum Gasteiger partial charge on any atom is 0.142 e. The van der Waals surface area contributed by atoms with Crippen molar-refractivity contribution in [3.05, 3.63) is 24.3 Å². The maximum absolute atomic E-state index is 6.09. The zero-order valence-corrected chi connectivity index (χ0v) is 10.1. The van der Waals surface area contributed by atoms with Gasteiger partial charge in [0.05, 0.1) is 12.3 Å². The molecule has 3 heteroatoms. The van der Waals surface area contributed by atoms with Crippen molar-refractivity contribution in [2.45, 2.75) is 25.8 Å². The molecule has 0 saturated heterocycles. The van der Waals surface area contributed by atoms with Gasteiger partial charge in [-0.2, -0.15) is 0 Å². The van der Waals surface area contributed by atoms with E-state index >= 15 is 0 Å². The lowest BCUT2D eigenvalue weighted by Crippen LogP contribution is -2.45. The van der Waals surface area contributed by atoms with Crippen molar-refractivity contribution in [3.63, 3.8) is 0 Å². The van der Waals surface area contributed by atoms with Crippen LogP contribution >= 0.6 is 0 Å². The number of fused-ring (bicyclic) bond motifs is 1. The summed E-state index contributed by atoms with van der Waals surface area (Å²) in [7, 11) is 0. The number of ether oxygens (including phenoxy) is 1. The van der Waals surface area contributed by atoms with E-state index in [0.717, 1.165) is 31.9 Å². The van der Waals surface area contributed by atoms with Crippen LogP contribution < -0.4 is 15.4 Å². The fourth-order valence-electron chi connectivity index (χ4n) is 2.05. The summed E-state index contributed by atoms with van der Waals surface area (Å²) in [5, 5.41) is 0. The van der Waals surface area contributed by atoms with Crippen LogP contribution in [0, 0.1) is 0 Å². The lowest BCUT2D eigenvalue weighted by molar-refractivity contribution is 0.322. The minimum Gasteiger partial charge on any atom is -0.491 e. The molecular formula is C13H20N2O. The maximum atomic E-state index is 6.09. The SMILES string of the molecule is CC(C)(N)CN1CCCOc2ccccc21. The fourth-order valence-corrected chi connectivity index (χ4v) is 2.05. The molecule has 1 aromatic carbocycles. The smallest absolute Gasteiger partial charge is 0.142 e. The van der Waals surface area contributed by atoms with Crippen LogP contribution in [0.3, 0.4) is 0 Å². The summed E-state index contributed by atoms with van der Waals surface area (Å²) < 4.78 is 5.71. The summed E-state index contributed by atoms with van der Waals surface area (Å²) in [5.41, 5.74) is 7.07. The van der Waals surface area contributed by atoms with E-state index in [0.29, 0.717) is 0 Å². The molecule has 16 heavy (non-hydrogen) atoms. The molecule has 1 aliphatic heterocycles. The van der Waals surface area contributed by atoms with Crippen molar-refractivity contribution in [2.24, 2.45) is 5.73 Å². The number of anilines is 1. The van der Waals surface area contributed by atoms with Crippen molar-refractivity contribution in [1.82, 2.24) is 0 Å². The molecule has 1 aliphatic rings. The zero-order valence-electron chi connectivity index (χ0n) is 10.1. The highest BCUT2D eigenvalue weighted by Crippen LogP contribution is 2.30. The van der Waals surface area contributed by atoms with Gasteiger partial charge in [0.2, 0.25) is 0 Å². The van der Waals surface area contributed by atoms with Crippen molar-refractivity contribution >= 4 is 5.69 Å². The van der Waals surface area contributed by atoms with Gasteiger partial charge in [0.1, 0.15) is 5.75 Å². The number of nitrogens with two attached hydrogens (primary N) is 1. The van der Waals surface area contributed by atoms with Crippen LogP contribution in [0.15, 0.2) is 24.3 Å². The van der Waals surface area contributed by atoms with E-state index in [1.54, 1.807) is 0 Å². The highest BCUT2D eigenvalue weighted by molar-refractivity contribution is 5.59. The van der Waals surface area contributed by atoms with E-state index < -0.39 is 0 Å². The third kappa shape index (κ3) is 2.67. The van der Waals surface area contributed by atoms with Gasteiger partial charge in [-0.05, 0) is 32.4 Å². The number of para-hydroxylation sites is 2. The molecule has 0 radical (unpaired) electrons. The van der Waals surface area contributed by atoms with Crippen LogP contribution in [-0.2, 0) is 0 Å². The summed E-state index contributed by atoms with van der Waals surface area (Å²) in [6.07, 6.45) is 1.05. The number of hydrogen-bond acceptors (Lipinski definition) is 3. The lowest BCUT2D eigenvalue weighted by atomic mass is 10.1. The Bertz CT molecular complexity index is 357. The molecule has 2 rings (SSSR count). The highest BCUT2D eigenvalue weighted by Gasteiger charge is 2.21. The third-order valence-corrected chi connectivity index (χ3v) is 2.63. The molecular weight excluding hydrogens is 200 g/mol. The van der Waals surface area contributed by atoms with E-state index in [-0.39, 0.29) is 5.54 Å². The van der Waals surface area contributed by atoms with Gasteiger partial charge in [-0.3, -0.25) is 0 Å². The normalized spacial score (nSPS) is 16.3. The van der Waals surface area contributed by atoms with Crippen LogP contribution in [0.25, 0.3) is 0 Å². The van der Waals surface area contributed by atoms with E-state index in [4.69, 9.17) is 10.5 Å². The first-order chi connectivity index (χ1) is 7.56. The zero-order chi connectivity index (χ0) is 11.6. The minimum atomic E-state index is -0.183. The Balaban J connectivity index is 2.26. The van der Waals surface area contributed by atoms with Gasteiger partial charge >= 0.3 is 0 Å². The Morgan fingerprint density at radius 1 is 1.38 bits per heavy atom. The van der Waals surface area contributed by atoms with E-state index in [9.17, 15) is 0 Å². The molecule has 0 amide bonds. The second-order valence-corrected chi connectivity index (χ2v) is 5.08. The van der Waals surface area contributed by atoms with Crippen LogP contribution in [0.1, 0.15) is 20.3 Å². The predicted molar refractivity (Wildman–Crippen MR) is 67.0 cm³/mol.